The van der Waals surface area contributed by atoms with Crippen LogP contribution in [0.25, 0.3) is 5.69 Å². The van der Waals surface area contributed by atoms with Crippen LogP contribution in [0.3, 0.4) is 0 Å². The fourth-order valence-electron chi connectivity index (χ4n) is 2.67. The Hall–Kier alpha value is -3.79. The van der Waals surface area contributed by atoms with Gasteiger partial charge in [-0.25, -0.2) is 13.1 Å². The standard InChI is InChI=1S/C19H15N5O4S/c25-19(21-14-5-4-6-15(11-14)24-13-20-22-23-24)18-10-9-16(28-18)12-29(26,27)17-7-2-1-3-8-17/h1-11,13H,12H2,(H,21,25). The maximum atomic E-state index is 12.5. The summed E-state index contributed by atoms with van der Waals surface area (Å²) in [5.41, 5.74) is 1.18. The molecule has 1 amide bonds. The number of tetrazole rings is 1. The molecule has 0 radical (unpaired) electrons. The van der Waals surface area contributed by atoms with Gasteiger partial charge in [-0.05, 0) is 52.9 Å². The molecular weight excluding hydrogens is 394 g/mol. The molecule has 0 aliphatic heterocycles. The first-order chi connectivity index (χ1) is 14.0. The molecule has 0 atom stereocenters. The summed E-state index contributed by atoms with van der Waals surface area (Å²) in [6.07, 6.45) is 1.44. The van der Waals surface area contributed by atoms with Gasteiger partial charge < -0.3 is 9.73 Å². The zero-order chi connectivity index (χ0) is 20.3. The van der Waals surface area contributed by atoms with Crippen molar-refractivity contribution in [2.45, 2.75) is 10.6 Å². The van der Waals surface area contributed by atoms with Crippen LogP contribution in [0.1, 0.15) is 16.3 Å². The zero-order valence-electron chi connectivity index (χ0n) is 15.0. The van der Waals surface area contributed by atoms with E-state index < -0.39 is 15.7 Å². The number of rotatable bonds is 6. The third-order valence-corrected chi connectivity index (χ3v) is 5.69. The molecule has 10 heteroatoms. The minimum Gasteiger partial charge on any atom is -0.455 e. The van der Waals surface area contributed by atoms with Gasteiger partial charge in [-0.3, -0.25) is 4.79 Å². The second-order valence-corrected chi connectivity index (χ2v) is 8.09. The Bertz CT molecular complexity index is 1230. The van der Waals surface area contributed by atoms with Gasteiger partial charge in [0.1, 0.15) is 17.8 Å². The molecule has 9 nitrogen and oxygen atoms in total. The number of benzene rings is 2. The molecule has 0 unspecified atom stereocenters. The van der Waals surface area contributed by atoms with Gasteiger partial charge in [-0.2, -0.15) is 0 Å². The summed E-state index contributed by atoms with van der Waals surface area (Å²) in [6, 6.07) is 17.9. The Balaban J connectivity index is 1.47. The normalized spacial score (nSPS) is 11.3. The fraction of sp³-hybridized carbons (Fsp3) is 0.0526. The van der Waals surface area contributed by atoms with Gasteiger partial charge in [-0.1, -0.05) is 24.3 Å². The third kappa shape index (κ3) is 4.22. The minimum atomic E-state index is -3.56. The van der Waals surface area contributed by atoms with Crippen LogP contribution >= 0.6 is 0 Å². The maximum absolute atomic E-state index is 12.5. The van der Waals surface area contributed by atoms with E-state index in [1.54, 1.807) is 42.5 Å². The van der Waals surface area contributed by atoms with Gasteiger partial charge in [0.2, 0.25) is 0 Å². The van der Waals surface area contributed by atoms with Crippen molar-refractivity contribution in [1.82, 2.24) is 20.2 Å². The van der Waals surface area contributed by atoms with Crippen molar-refractivity contribution in [2.24, 2.45) is 0 Å². The second kappa shape index (κ2) is 7.68. The number of nitrogens with one attached hydrogen (secondary N) is 1. The number of anilines is 1. The molecule has 29 heavy (non-hydrogen) atoms. The Morgan fingerprint density at radius 2 is 1.86 bits per heavy atom. The third-order valence-electron chi connectivity index (χ3n) is 4.04. The first kappa shape index (κ1) is 18.6. The molecular formula is C19H15N5O4S. The molecule has 2 heterocycles. The monoisotopic (exact) mass is 409 g/mol. The lowest BCUT2D eigenvalue weighted by molar-refractivity contribution is 0.0995. The van der Waals surface area contributed by atoms with E-state index in [0.29, 0.717) is 11.4 Å². The van der Waals surface area contributed by atoms with E-state index in [-0.39, 0.29) is 22.2 Å². The Morgan fingerprint density at radius 1 is 1.03 bits per heavy atom. The lowest BCUT2D eigenvalue weighted by Crippen LogP contribution is -2.11. The molecule has 2 aromatic heterocycles. The van der Waals surface area contributed by atoms with Gasteiger partial charge in [0.25, 0.3) is 5.91 Å². The molecule has 0 spiro atoms. The van der Waals surface area contributed by atoms with Crippen molar-refractivity contribution in [3.63, 3.8) is 0 Å². The summed E-state index contributed by atoms with van der Waals surface area (Å²) in [6.45, 7) is 0. The highest BCUT2D eigenvalue weighted by atomic mass is 32.2. The molecule has 1 N–H and O–H groups in total. The van der Waals surface area contributed by atoms with Crippen LogP contribution in [-0.2, 0) is 15.6 Å². The van der Waals surface area contributed by atoms with Crippen LogP contribution in [0.4, 0.5) is 5.69 Å². The molecule has 0 bridgehead atoms. The number of carbonyl (C=O) groups is 1. The van der Waals surface area contributed by atoms with Crippen LogP contribution in [-0.4, -0.2) is 34.5 Å². The van der Waals surface area contributed by atoms with E-state index in [9.17, 15) is 13.2 Å². The van der Waals surface area contributed by atoms with Crippen LogP contribution in [0.15, 0.2) is 82.4 Å². The van der Waals surface area contributed by atoms with Gasteiger partial charge in [0.15, 0.2) is 15.6 Å². The van der Waals surface area contributed by atoms with Gasteiger partial charge >= 0.3 is 0 Å². The van der Waals surface area contributed by atoms with Crippen molar-refractivity contribution in [1.29, 1.82) is 0 Å². The van der Waals surface area contributed by atoms with Gasteiger partial charge in [-0.15, -0.1) is 5.10 Å². The first-order valence-electron chi connectivity index (χ1n) is 8.52. The first-order valence-corrected chi connectivity index (χ1v) is 10.2. The van der Waals surface area contributed by atoms with E-state index in [0.717, 1.165) is 0 Å². The quantitative estimate of drug-likeness (QED) is 0.519. The summed E-state index contributed by atoms with van der Waals surface area (Å²) < 4.78 is 31.8. The van der Waals surface area contributed by atoms with E-state index in [2.05, 4.69) is 20.8 Å². The predicted molar refractivity (Wildman–Crippen MR) is 103 cm³/mol. The van der Waals surface area contributed by atoms with E-state index in [1.807, 2.05) is 0 Å². The van der Waals surface area contributed by atoms with Gasteiger partial charge in [0.05, 0.1) is 10.6 Å². The van der Waals surface area contributed by atoms with Crippen molar-refractivity contribution < 1.29 is 17.6 Å². The minimum absolute atomic E-state index is 0.0103. The smallest absolute Gasteiger partial charge is 0.291 e. The van der Waals surface area contributed by atoms with Crippen molar-refractivity contribution in [2.75, 3.05) is 5.32 Å². The Kier molecular flexibility index (Phi) is 4.92. The lowest BCUT2D eigenvalue weighted by Gasteiger charge is -2.06. The summed E-state index contributed by atoms with van der Waals surface area (Å²) in [5, 5.41) is 13.6. The maximum Gasteiger partial charge on any atom is 0.291 e. The highest BCUT2D eigenvalue weighted by molar-refractivity contribution is 7.90. The van der Waals surface area contributed by atoms with Crippen LogP contribution in [0.2, 0.25) is 0 Å². The molecule has 146 valence electrons. The summed E-state index contributed by atoms with van der Waals surface area (Å²) in [7, 11) is -3.56. The van der Waals surface area contributed by atoms with E-state index in [1.165, 1.54) is 35.3 Å². The lowest BCUT2D eigenvalue weighted by atomic mass is 10.2. The Morgan fingerprint density at radius 3 is 2.62 bits per heavy atom. The Labute approximate surface area is 165 Å². The SMILES string of the molecule is O=C(Nc1cccc(-n2cnnn2)c1)c1ccc(CS(=O)(=O)c2ccccc2)o1. The average molecular weight is 409 g/mol. The van der Waals surface area contributed by atoms with Crippen LogP contribution in [0, 0.1) is 0 Å². The zero-order valence-corrected chi connectivity index (χ0v) is 15.8. The number of aromatic nitrogens is 4. The summed E-state index contributed by atoms with van der Waals surface area (Å²) >= 11 is 0. The fourth-order valence-corrected chi connectivity index (χ4v) is 3.94. The highest BCUT2D eigenvalue weighted by Crippen LogP contribution is 2.19. The predicted octanol–water partition coefficient (Wildman–Crippen LogP) is 2.48. The van der Waals surface area contributed by atoms with Crippen LogP contribution < -0.4 is 5.32 Å². The number of hydrogen-bond acceptors (Lipinski definition) is 7. The molecule has 4 rings (SSSR count). The number of amides is 1. The number of furan rings is 1. The summed E-state index contributed by atoms with van der Waals surface area (Å²) in [5.74, 6) is -0.640. The second-order valence-electron chi connectivity index (χ2n) is 6.10. The molecule has 0 fully saturated rings. The average Bonchev–Trinajstić information content (AvgIpc) is 3.41. The molecule has 0 saturated heterocycles. The van der Waals surface area contributed by atoms with Crippen molar-refractivity contribution in [3.8, 4) is 5.69 Å². The highest BCUT2D eigenvalue weighted by Gasteiger charge is 2.19. The number of sulfone groups is 1. The van der Waals surface area contributed by atoms with Crippen molar-refractivity contribution in [3.05, 3.63) is 84.6 Å². The molecule has 0 aliphatic carbocycles. The van der Waals surface area contributed by atoms with E-state index >= 15 is 0 Å². The largest absolute Gasteiger partial charge is 0.455 e. The van der Waals surface area contributed by atoms with Gasteiger partial charge in [0, 0.05) is 5.69 Å². The number of carbonyl (C=O) groups excluding carboxylic acids is 1. The topological polar surface area (TPSA) is 120 Å². The molecule has 0 saturated carbocycles. The summed E-state index contributed by atoms with van der Waals surface area (Å²) in [4.78, 5) is 12.7. The van der Waals surface area contributed by atoms with E-state index in [4.69, 9.17) is 4.42 Å². The number of nitrogens with zero attached hydrogens (tertiary/aromatic N) is 4. The molecule has 2 aromatic carbocycles. The molecule has 4 aromatic rings. The number of hydrogen-bond donors (Lipinski definition) is 1. The van der Waals surface area contributed by atoms with Crippen LogP contribution in [0.5, 0.6) is 0 Å². The van der Waals surface area contributed by atoms with Crippen molar-refractivity contribution >= 4 is 21.4 Å². The molecule has 0 aliphatic rings.